The van der Waals surface area contributed by atoms with Gasteiger partial charge in [0.05, 0.1) is 11.4 Å². The molecule has 0 atom stereocenters. The summed E-state index contributed by atoms with van der Waals surface area (Å²) in [5.41, 5.74) is 0.987. The number of carbonyl (C=O) groups is 2. The van der Waals surface area contributed by atoms with Crippen molar-refractivity contribution in [1.29, 1.82) is 0 Å². The first-order valence-electron chi connectivity index (χ1n) is 6.79. The summed E-state index contributed by atoms with van der Waals surface area (Å²) in [6, 6.07) is 11.0. The largest absolute Gasteiger partial charge is 0.342 e. The zero-order valence-electron chi connectivity index (χ0n) is 12.4. The summed E-state index contributed by atoms with van der Waals surface area (Å²) < 4.78 is 0. The van der Waals surface area contributed by atoms with Crippen LogP contribution in [0.5, 0.6) is 0 Å². The number of hydrogen-bond donors (Lipinski definition) is 1. The molecule has 2 aromatic rings. The van der Waals surface area contributed by atoms with Crippen molar-refractivity contribution in [3.05, 3.63) is 56.7 Å². The number of amides is 2. The molecule has 1 aromatic heterocycles. The van der Waals surface area contributed by atoms with E-state index in [0.717, 1.165) is 10.4 Å². The van der Waals surface area contributed by atoms with Gasteiger partial charge < -0.3 is 10.2 Å². The quantitative estimate of drug-likeness (QED) is 0.912. The first-order chi connectivity index (χ1) is 10.5. The lowest BCUT2D eigenvalue weighted by molar-refractivity contribution is -0.129. The van der Waals surface area contributed by atoms with Gasteiger partial charge in [-0.05, 0) is 36.8 Å². The van der Waals surface area contributed by atoms with Crippen molar-refractivity contribution in [2.24, 2.45) is 0 Å². The lowest BCUT2D eigenvalue weighted by Crippen LogP contribution is -2.37. The molecule has 1 heterocycles. The fourth-order valence-corrected chi connectivity index (χ4v) is 2.80. The zero-order chi connectivity index (χ0) is 16.1. The second-order valence-corrected chi connectivity index (χ2v) is 6.69. The van der Waals surface area contributed by atoms with Crippen LogP contribution in [0.25, 0.3) is 0 Å². The van der Waals surface area contributed by atoms with Gasteiger partial charge in [-0.2, -0.15) is 0 Å². The van der Waals surface area contributed by atoms with Gasteiger partial charge in [-0.25, -0.2) is 0 Å². The summed E-state index contributed by atoms with van der Waals surface area (Å²) in [5.74, 6) is -0.358. The Bertz CT molecular complexity index is 667. The monoisotopic (exact) mass is 336 g/mol. The molecule has 1 aromatic carbocycles. The number of aryl methyl sites for hydroxylation is 1. The standard InChI is InChI=1S/C16H17ClN2O2S/c1-11-3-8-14(22-11)16(21)18-9-15(20)19(2)10-12-4-6-13(17)7-5-12/h3-8H,9-10H2,1-2H3,(H,18,21). The molecule has 0 unspecified atom stereocenters. The van der Waals surface area contributed by atoms with Crippen LogP contribution in [0.2, 0.25) is 5.02 Å². The van der Waals surface area contributed by atoms with Crippen LogP contribution in [-0.4, -0.2) is 30.3 Å². The lowest BCUT2D eigenvalue weighted by Gasteiger charge is -2.17. The van der Waals surface area contributed by atoms with E-state index in [0.29, 0.717) is 16.4 Å². The molecule has 1 N–H and O–H groups in total. The Morgan fingerprint density at radius 1 is 1.18 bits per heavy atom. The van der Waals surface area contributed by atoms with Crippen LogP contribution in [-0.2, 0) is 11.3 Å². The van der Waals surface area contributed by atoms with Crippen molar-refractivity contribution in [3.63, 3.8) is 0 Å². The Labute approximate surface area is 138 Å². The summed E-state index contributed by atoms with van der Waals surface area (Å²) >= 11 is 7.24. The first kappa shape index (κ1) is 16.5. The smallest absolute Gasteiger partial charge is 0.261 e. The van der Waals surface area contributed by atoms with Crippen molar-refractivity contribution in [1.82, 2.24) is 10.2 Å². The van der Waals surface area contributed by atoms with E-state index in [1.54, 1.807) is 30.1 Å². The van der Waals surface area contributed by atoms with Gasteiger partial charge in [-0.1, -0.05) is 23.7 Å². The number of rotatable bonds is 5. The highest BCUT2D eigenvalue weighted by Gasteiger charge is 2.13. The van der Waals surface area contributed by atoms with Gasteiger partial charge in [-0.15, -0.1) is 11.3 Å². The highest BCUT2D eigenvalue weighted by Crippen LogP contribution is 2.14. The number of carbonyl (C=O) groups excluding carboxylic acids is 2. The van der Waals surface area contributed by atoms with Crippen LogP contribution >= 0.6 is 22.9 Å². The van der Waals surface area contributed by atoms with Gasteiger partial charge in [0, 0.05) is 23.5 Å². The maximum atomic E-state index is 12.0. The molecule has 0 saturated carbocycles. The topological polar surface area (TPSA) is 49.4 Å². The fraction of sp³-hybridized carbons (Fsp3) is 0.250. The first-order valence-corrected chi connectivity index (χ1v) is 7.98. The number of nitrogens with zero attached hydrogens (tertiary/aromatic N) is 1. The van der Waals surface area contributed by atoms with Crippen LogP contribution in [0.1, 0.15) is 20.1 Å². The van der Waals surface area contributed by atoms with E-state index in [1.165, 1.54) is 11.3 Å². The van der Waals surface area contributed by atoms with Crippen LogP contribution in [0.4, 0.5) is 0 Å². The molecule has 0 spiro atoms. The van der Waals surface area contributed by atoms with E-state index in [4.69, 9.17) is 11.6 Å². The maximum Gasteiger partial charge on any atom is 0.261 e. The number of nitrogens with one attached hydrogen (secondary N) is 1. The predicted molar refractivity (Wildman–Crippen MR) is 89.3 cm³/mol. The van der Waals surface area contributed by atoms with Gasteiger partial charge in [0.2, 0.25) is 5.91 Å². The van der Waals surface area contributed by atoms with Gasteiger partial charge in [0.15, 0.2) is 0 Å². The average molecular weight is 337 g/mol. The van der Waals surface area contributed by atoms with E-state index >= 15 is 0 Å². The van der Waals surface area contributed by atoms with Crippen LogP contribution in [0.3, 0.4) is 0 Å². The number of halogens is 1. The van der Waals surface area contributed by atoms with Crippen molar-refractivity contribution in [2.45, 2.75) is 13.5 Å². The normalized spacial score (nSPS) is 10.3. The second kappa shape index (κ2) is 7.42. The van der Waals surface area contributed by atoms with Gasteiger partial charge >= 0.3 is 0 Å². The van der Waals surface area contributed by atoms with E-state index in [-0.39, 0.29) is 18.4 Å². The third-order valence-electron chi connectivity index (χ3n) is 3.12. The molecule has 116 valence electrons. The Morgan fingerprint density at radius 2 is 1.86 bits per heavy atom. The third kappa shape index (κ3) is 4.58. The number of hydrogen-bond acceptors (Lipinski definition) is 3. The van der Waals surface area contributed by atoms with Crippen molar-refractivity contribution < 1.29 is 9.59 Å². The van der Waals surface area contributed by atoms with Crippen LogP contribution < -0.4 is 5.32 Å². The molecular formula is C16H17ClN2O2S. The van der Waals surface area contributed by atoms with Crippen molar-refractivity contribution in [3.8, 4) is 0 Å². The van der Waals surface area contributed by atoms with E-state index in [9.17, 15) is 9.59 Å². The summed E-state index contributed by atoms with van der Waals surface area (Å²) in [5, 5.41) is 3.31. The number of thiophene rings is 1. The molecular weight excluding hydrogens is 320 g/mol. The van der Waals surface area contributed by atoms with Crippen LogP contribution in [0, 0.1) is 6.92 Å². The van der Waals surface area contributed by atoms with E-state index in [2.05, 4.69) is 5.32 Å². The molecule has 0 fully saturated rings. The SMILES string of the molecule is Cc1ccc(C(=O)NCC(=O)N(C)Cc2ccc(Cl)cc2)s1. The Balaban J connectivity index is 1.83. The van der Waals surface area contributed by atoms with Crippen molar-refractivity contribution in [2.75, 3.05) is 13.6 Å². The highest BCUT2D eigenvalue weighted by atomic mass is 35.5. The summed E-state index contributed by atoms with van der Waals surface area (Å²) in [6.45, 7) is 2.40. The fourth-order valence-electron chi connectivity index (χ4n) is 1.89. The molecule has 2 amide bonds. The van der Waals surface area contributed by atoms with Gasteiger partial charge in [-0.3, -0.25) is 9.59 Å². The number of benzene rings is 1. The minimum Gasteiger partial charge on any atom is -0.342 e. The summed E-state index contributed by atoms with van der Waals surface area (Å²) in [4.78, 5) is 27.2. The molecule has 4 nitrogen and oxygen atoms in total. The average Bonchev–Trinajstić information content (AvgIpc) is 2.93. The van der Waals surface area contributed by atoms with Crippen molar-refractivity contribution >= 4 is 34.8 Å². The van der Waals surface area contributed by atoms with Crippen LogP contribution in [0.15, 0.2) is 36.4 Å². The summed E-state index contributed by atoms with van der Waals surface area (Å²) in [7, 11) is 1.71. The molecule has 22 heavy (non-hydrogen) atoms. The zero-order valence-corrected chi connectivity index (χ0v) is 14.0. The molecule has 0 saturated heterocycles. The molecule has 0 radical (unpaired) electrons. The minimum atomic E-state index is -0.216. The Kier molecular flexibility index (Phi) is 5.57. The molecule has 0 aliphatic rings. The minimum absolute atomic E-state index is 0.0140. The Morgan fingerprint density at radius 3 is 2.45 bits per heavy atom. The second-order valence-electron chi connectivity index (χ2n) is 4.97. The van der Waals surface area contributed by atoms with Gasteiger partial charge in [0.1, 0.15) is 0 Å². The third-order valence-corrected chi connectivity index (χ3v) is 4.37. The Hall–Kier alpha value is -1.85. The van der Waals surface area contributed by atoms with E-state index < -0.39 is 0 Å². The maximum absolute atomic E-state index is 12.0. The molecule has 0 aliphatic carbocycles. The lowest BCUT2D eigenvalue weighted by atomic mass is 10.2. The predicted octanol–water partition coefficient (Wildman–Crippen LogP) is 3.10. The molecule has 2 rings (SSSR count). The summed E-state index contributed by atoms with van der Waals surface area (Å²) in [6.07, 6.45) is 0. The highest BCUT2D eigenvalue weighted by molar-refractivity contribution is 7.13. The number of likely N-dealkylation sites (N-methyl/N-ethyl adjacent to an activating group) is 1. The van der Waals surface area contributed by atoms with Gasteiger partial charge in [0.25, 0.3) is 5.91 Å². The van der Waals surface area contributed by atoms with E-state index in [1.807, 2.05) is 25.1 Å². The molecule has 0 aliphatic heterocycles. The molecule has 0 bridgehead atoms. The molecule has 6 heteroatoms.